The molecule has 0 saturated heterocycles. The van der Waals surface area contributed by atoms with Gasteiger partial charge in [-0.2, -0.15) is 5.10 Å². The number of hydrogen-bond acceptors (Lipinski definition) is 4. The van der Waals surface area contributed by atoms with Gasteiger partial charge in [-0.25, -0.2) is 4.98 Å². The van der Waals surface area contributed by atoms with Crippen LogP contribution in [0.15, 0.2) is 23.6 Å². The van der Waals surface area contributed by atoms with E-state index in [-0.39, 0.29) is 11.7 Å². The van der Waals surface area contributed by atoms with Crippen molar-refractivity contribution in [3.8, 4) is 0 Å². The second-order valence-corrected chi connectivity index (χ2v) is 5.56. The fourth-order valence-corrected chi connectivity index (χ4v) is 2.38. The van der Waals surface area contributed by atoms with Gasteiger partial charge in [0.2, 0.25) is 5.91 Å². The Morgan fingerprint density at radius 2 is 2.00 bits per heavy atom. The summed E-state index contributed by atoms with van der Waals surface area (Å²) in [6.07, 6.45) is 1.37. The number of rotatable bonds is 4. The quantitative estimate of drug-likeness (QED) is 0.662. The molecule has 1 aromatic heterocycles. The predicted octanol–water partition coefficient (Wildman–Crippen LogP) is 3.50. The van der Waals surface area contributed by atoms with E-state index in [1.807, 2.05) is 0 Å². The van der Waals surface area contributed by atoms with Gasteiger partial charge in [0.15, 0.2) is 5.16 Å². The van der Waals surface area contributed by atoms with E-state index in [9.17, 15) is 4.79 Å². The zero-order valence-corrected chi connectivity index (χ0v) is 12.4. The van der Waals surface area contributed by atoms with Crippen LogP contribution < -0.4 is 5.32 Å². The van der Waals surface area contributed by atoms with E-state index >= 15 is 0 Å². The molecule has 9 heteroatoms. The smallest absolute Gasteiger partial charge is 0.234 e. The maximum absolute atomic E-state index is 11.7. The number of aromatic nitrogens is 3. The molecule has 0 radical (unpaired) electrons. The number of aromatic amines is 1. The monoisotopic (exact) mass is 336 g/mol. The second kappa shape index (κ2) is 6.47. The first-order valence-corrected chi connectivity index (χ1v) is 7.11. The van der Waals surface area contributed by atoms with Crippen molar-refractivity contribution < 1.29 is 4.79 Å². The van der Waals surface area contributed by atoms with Crippen molar-refractivity contribution >= 4 is 58.2 Å². The summed E-state index contributed by atoms with van der Waals surface area (Å²) < 4.78 is 0. The first-order valence-electron chi connectivity index (χ1n) is 4.99. The van der Waals surface area contributed by atoms with E-state index in [0.717, 1.165) is 0 Å². The number of hydrogen-bond donors (Lipinski definition) is 2. The maximum atomic E-state index is 11.7. The van der Waals surface area contributed by atoms with Gasteiger partial charge in [-0.1, -0.05) is 46.6 Å². The zero-order chi connectivity index (χ0) is 13.8. The van der Waals surface area contributed by atoms with Crippen molar-refractivity contribution in [2.24, 2.45) is 0 Å². The molecule has 0 unspecified atom stereocenters. The van der Waals surface area contributed by atoms with Crippen LogP contribution in [0.3, 0.4) is 0 Å². The molecule has 0 aliphatic carbocycles. The van der Waals surface area contributed by atoms with Crippen molar-refractivity contribution in [3.63, 3.8) is 0 Å². The molecular weight excluding hydrogens is 331 g/mol. The van der Waals surface area contributed by atoms with Gasteiger partial charge in [0.25, 0.3) is 0 Å². The average Bonchev–Trinajstić information content (AvgIpc) is 2.86. The minimum absolute atomic E-state index is 0.172. The summed E-state index contributed by atoms with van der Waals surface area (Å²) in [4.78, 5) is 15.6. The lowest BCUT2D eigenvalue weighted by Crippen LogP contribution is -2.14. The SMILES string of the molecule is O=C(CSc1ncn[nH]1)Nc1cc(Cl)c(Cl)cc1Cl. The molecule has 1 aromatic carbocycles. The highest BCUT2D eigenvalue weighted by molar-refractivity contribution is 7.99. The van der Waals surface area contributed by atoms with E-state index in [0.29, 0.717) is 25.9 Å². The largest absolute Gasteiger partial charge is 0.324 e. The summed E-state index contributed by atoms with van der Waals surface area (Å²) in [6, 6.07) is 2.98. The molecule has 0 atom stereocenters. The van der Waals surface area contributed by atoms with E-state index in [1.165, 1.54) is 30.2 Å². The van der Waals surface area contributed by atoms with Crippen molar-refractivity contribution in [3.05, 3.63) is 33.5 Å². The standard InChI is InChI=1S/C10H7Cl3N4OS/c11-5-1-7(13)8(2-6(5)12)16-9(18)3-19-10-14-4-15-17-10/h1-2,4H,3H2,(H,16,18)(H,14,15,17). The van der Waals surface area contributed by atoms with Crippen LogP contribution in [0, 0.1) is 0 Å². The lowest BCUT2D eigenvalue weighted by Gasteiger charge is -2.08. The molecule has 0 spiro atoms. The lowest BCUT2D eigenvalue weighted by molar-refractivity contribution is -0.113. The zero-order valence-electron chi connectivity index (χ0n) is 9.28. The highest BCUT2D eigenvalue weighted by Gasteiger charge is 2.10. The van der Waals surface area contributed by atoms with Gasteiger partial charge in [-0.3, -0.25) is 9.89 Å². The van der Waals surface area contributed by atoms with Gasteiger partial charge in [0.05, 0.1) is 26.5 Å². The van der Waals surface area contributed by atoms with Crippen LogP contribution in [0.1, 0.15) is 0 Å². The fraction of sp³-hybridized carbons (Fsp3) is 0.100. The summed E-state index contributed by atoms with van der Waals surface area (Å²) >= 11 is 18.8. The van der Waals surface area contributed by atoms with Crippen molar-refractivity contribution in [2.75, 3.05) is 11.1 Å². The number of carbonyl (C=O) groups is 1. The average molecular weight is 338 g/mol. The van der Waals surface area contributed by atoms with Crippen LogP contribution >= 0.6 is 46.6 Å². The molecule has 0 saturated carbocycles. The van der Waals surface area contributed by atoms with Crippen LogP contribution in [0.5, 0.6) is 0 Å². The minimum Gasteiger partial charge on any atom is -0.324 e. The second-order valence-electron chi connectivity index (χ2n) is 3.37. The lowest BCUT2D eigenvalue weighted by atomic mass is 10.3. The van der Waals surface area contributed by atoms with Gasteiger partial charge < -0.3 is 5.32 Å². The number of carbonyl (C=O) groups excluding carboxylic acids is 1. The third-order valence-corrected chi connectivity index (χ3v) is 3.93. The summed E-state index contributed by atoms with van der Waals surface area (Å²) in [6.45, 7) is 0. The molecular formula is C10H7Cl3N4OS. The number of nitrogens with zero attached hydrogens (tertiary/aromatic N) is 2. The Bertz CT molecular complexity index is 591. The van der Waals surface area contributed by atoms with Gasteiger partial charge in [0.1, 0.15) is 6.33 Å². The number of halogens is 3. The maximum Gasteiger partial charge on any atom is 0.234 e. The molecule has 2 rings (SSSR count). The molecule has 100 valence electrons. The van der Waals surface area contributed by atoms with Crippen molar-refractivity contribution in [2.45, 2.75) is 5.16 Å². The molecule has 2 N–H and O–H groups in total. The van der Waals surface area contributed by atoms with Crippen LogP contribution in [0.25, 0.3) is 0 Å². The Balaban J connectivity index is 1.97. The van der Waals surface area contributed by atoms with Gasteiger partial charge in [-0.15, -0.1) is 0 Å². The molecule has 2 aromatic rings. The third-order valence-electron chi connectivity index (χ3n) is 2.02. The first-order chi connectivity index (χ1) is 9.06. The predicted molar refractivity (Wildman–Crippen MR) is 77.2 cm³/mol. The highest BCUT2D eigenvalue weighted by atomic mass is 35.5. The number of H-pyrrole nitrogens is 1. The first kappa shape index (κ1) is 14.5. The van der Waals surface area contributed by atoms with E-state index in [1.54, 1.807) is 0 Å². The number of amides is 1. The normalized spacial score (nSPS) is 10.5. The Morgan fingerprint density at radius 3 is 2.68 bits per heavy atom. The highest BCUT2D eigenvalue weighted by Crippen LogP contribution is 2.32. The minimum atomic E-state index is -0.235. The molecule has 1 amide bonds. The Labute approximate surface area is 128 Å². The molecule has 0 aliphatic rings. The van der Waals surface area contributed by atoms with Crippen molar-refractivity contribution in [1.82, 2.24) is 15.2 Å². The number of thioether (sulfide) groups is 1. The van der Waals surface area contributed by atoms with Gasteiger partial charge >= 0.3 is 0 Å². The van der Waals surface area contributed by atoms with Gasteiger partial charge in [0, 0.05) is 0 Å². The van der Waals surface area contributed by atoms with Crippen LogP contribution in [0.2, 0.25) is 15.1 Å². The summed E-state index contributed by atoms with van der Waals surface area (Å²) in [5.41, 5.74) is 0.416. The van der Waals surface area contributed by atoms with Crippen LogP contribution in [-0.4, -0.2) is 26.8 Å². The van der Waals surface area contributed by atoms with E-state index in [4.69, 9.17) is 34.8 Å². The molecule has 5 nitrogen and oxygen atoms in total. The molecule has 19 heavy (non-hydrogen) atoms. The number of anilines is 1. The molecule has 0 aliphatic heterocycles. The summed E-state index contributed by atoms with van der Waals surface area (Å²) in [5, 5.41) is 10.5. The molecule has 1 heterocycles. The Hall–Kier alpha value is -0.950. The third kappa shape index (κ3) is 4.01. The Morgan fingerprint density at radius 1 is 1.26 bits per heavy atom. The van der Waals surface area contributed by atoms with E-state index in [2.05, 4.69) is 20.5 Å². The molecule has 0 fully saturated rings. The summed E-state index contributed by atoms with van der Waals surface area (Å²) in [7, 11) is 0. The molecule has 0 bridgehead atoms. The fourth-order valence-electron chi connectivity index (χ4n) is 1.20. The topological polar surface area (TPSA) is 70.7 Å². The van der Waals surface area contributed by atoms with Crippen LogP contribution in [-0.2, 0) is 4.79 Å². The Kier molecular flexibility index (Phi) is 4.93. The van der Waals surface area contributed by atoms with Crippen LogP contribution in [0.4, 0.5) is 5.69 Å². The van der Waals surface area contributed by atoms with Gasteiger partial charge in [-0.05, 0) is 12.1 Å². The number of nitrogens with one attached hydrogen (secondary N) is 2. The number of benzene rings is 1. The summed E-state index contributed by atoms with van der Waals surface area (Å²) in [5.74, 6) is -0.0622. The van der Waals surface area contributed by atoms with Crippen molar-refractivity contribution in [1.29, 1.82) is 0 Å². The van der Waals surface area contributed by atoms with E-state index < -0.39 is 0 Å².